The molecule has 5 nitrogen and oxygen atoms in total. The van der Waals surface area contributed by atoms with E-state index < -0.39 is 0 Å². The van der Waals surface area contributed by atoms with E-state index in [1.165, 1.54) is 17.3 Å². The number of hydrogen-bond acceptors (Lipinski definition) is 3. The van der Waals surface area contributed by atoms with Crippen LogP contribution in [0.4, 0.5) is 0 Å². The molecule has 1 aromatic carbocycles. The number of thioether (sulfide) groups is 1. The van der Waals surface area contributed by atoms with Gasteiger partial charge in [0.2, 0.25) is 0 Å². The molecule has 22 heavy (non-hydrogen) atoms. The van der Waals surface area contributed by atoms with Crippen LogP contribution in [-0.2, 0) is 0 Å². The molecule has 1 aliphatic heterocycles. The molecule has 0 radical (unpaired) electrons. The van der Waals surface area contributed by atoms with Gasteiger partial charge >= 0.3 is 5.69 Å². The number of rotatable bonds is 2. The lowest BCUT2D eigenvalue weighted by molar-refractivity contribution is 0.0761. The highest BCUT2D eigenvalue weighted by Crippen LogP contribution is 2.36. The summed E-state index contributed by atoms with van der Waals surface area (Å²) in [4.78, 5) is 30.4. The first-order valence-electron chi connectivity index (χ1n) is 7.39. The summed E-state index contributed by atoms with van der Waals surface area (Å²) in [5, 5.41) is 0.421. The van der Waals surface area contributed by atoms with E-state index in [-0.39, 0.29) is 11.6 Å². The average molecular weight is 317 g/mol. The molecule has 0 bridgehead atoms. The van der Waals surface area contributed by atoms with Crippen LogP contribution in [0, 0.1) is 6.92 Å². The number of aromatic nitrogens is 2. The molecule has 0 spiro atoms. The maximum Gasteiger partial charge on any atom is 0.323 e. The highest BCUT2D eigenvalue weighted by molar-refractivity contribution is 7.99. The molecular formula is C16H19N3O2S. The summed E-state index contributed by atoms with van der Waals surface area (Å²) in [5.41, 5.74) is 2.65. The minimum Gasteiger partial charge on any atom is -0.336 e. The van der Waals surface area contributed by atoms with Crippen LogP contribution in [0.25, 0.3) is 0 Å². The van der Waals surface area contributed by atoms with Crippen LogP contribution in [-0.4, -0.2) is 39.6 Å². The van der Waals surface area contributed by atoms with Crippen LogP contribution in [0.15, 0.2) is 35.3 Å². The lowest BCUT2D eigenvalue weighted by atomic mass is 10.0. The summed E-state index contributed by atoms with van der Waals surface area (Å²) in [5.74, 6) is 0.795. The number of imidazole rings is 1. The molecule has 2 aromatic rings. The molecule has 1 unspecified atom stereocenters. The molecule has 1 atom stereocenters. The van der Waals surface area contributed by atoms with Gasteiger partial charge in [0.15, 0.2) is 0 Å². The maximum absolute atomic E-state index is 12.4. The number of amides is 1. The van der Waals surface area contributed by atoms with E-state index in [9.17, 15) is 9.59 Å². The van der Waals surface area contributed by atoms with Gasteiger partial charge in [-0.2, -0.15) is 11.8 Å². The van der Waals surface area contributed by atoms with E-state index in [2.05, 4.69) is 41.2 Å². The number of hydrogen-bond donors (Lipinski definition) is 2. The average Bonchev–Trinajstić information content (AvgIpc) is 2.81. The van der Waals surface area contributed by atoms with Gasteiger partial charge in [0.25, 0.3) is 5.91 Å². The Morgan fingerprint density at radius 2 is 2.14 bits per heavy atom. The van der Waals surface area contributed by atoms with Crippen molar-refractivity contribution in [3.8, 4) is 0 Å². The molecular weight excluding hydrogens is 298 g/mol. The molecule has 0 aliphatic carbocycles. The Kier molecular flexibility index (Phi) is 4.38. The topological polar surface area (TPSA) is 69.0 Å². The summed E-state index contributed by atoms with van der Waals surface area (Å²) in [6.07, 6.45) is 2.37. The number of benzene rings is 1. The number of carbonyl (C=O) groups is 1. The Bertz CT molecular complexity index is 722. The number of nitrogens with one attached hydrogen (secondary N) is 2. The molecule has 1 aliphatic rings. The third-order valence-electron chi connectivity index (χ3n) is 3.99. The number of H-pyrrole nitrogens is 2. The fraction of sp³-hybridized carbons (Fsp3) is 0.375. The molecule has 2 N–H and O–H groups in total. The summed E-state index contributed by atoms with van der Waals surface area (Å²) < 4.78 is 0. The minimum absolute atomic E-state index is 0.107. The normalized spacial score (nSPS) is 19.0. The first kappa shape index (κ1) is 15.0. The summed E-state index contributed by atoms with van der Waals surface area (Å²) in [7, 11) is 0. The monoisotopic (exact) mass is 317 g/mol. The fourth-order valence-corrected chi connectivity index (χ4v) is 4.11. The van der Waals surface area contributed by atoms with Gasteiger partial charge in [-0.3, -0.25) is 4.79 Å². The predicted molar refractivity (Wildman–Crippen MR) is 88.3 cm³/mol. The zero-order valence-corrected chi connectivity index (χ0v) is 13.3. The van der Waals surface area contributed by atoms with Gasteiger partial charge in [-0.25, -0.2) is 4.79 Å². The molecule has 1 amide bonds. The quantitative estimate of drug-likeness (QED) is 0.893. The Labute approximate surface area is 133 Å². The van der Waals surface area contributed by atoms with E-state index in [0.717, 1.165) is 12.2 Å². The highest BCUT2D eigenvalue weighted by Gasteiger charge is 2.24. The minimum atomic E-state index is -0.342. The van der Waals surface area contributed by atoms with E-state index in [0.29, 0.717) is 24.0 Å². The van der Waals surface area contributed by atoms with Crippen LogP contribution >= 0.6 is 11.8 Å². The summed E-state index contributed by atoms with van der Waals surface area (Å²) in [6, 6.07) is 8.43. The molecule has 1 fully saturated rings. The lowest BCUT2D eigenvalue weighted by Gasteiger charge is -2.19. The molecule has 1 aromatic heterocycles. The van der Waals surface area contributed by atoms with Crippen LogP contribution in [0.1, 0.15) is 33.3 Å². The number of aryl methyl sites for hydroxylation is 1. The standard InChI is InChI=1S/C16H19N3O2S/c1-11-4-2-3-5-12(11)14-6-7-19(8-9-22-14)15(20)13-10-17-16(21)18-13/h2-5,10,14H,6-9H2,1H3,(H2,17,18,21). The zero-order chi connectivity index (χ0) is 15.5. The van der Waals surface area contributed by atoms with Gasteiger partial charge in [-0.1, -0.05) is 24.3 Å². The van der Waals surface area contributed by atoms with E-state index in [1.54, 1.807) is 0 Å². The van der Waals surface area contributed by atoms with Gasteiger partial charge in [-0.05, 0) is 24.5 Å². The SMILES string of the molecule is Cc1ccccc1C1CCN(C(=O)c2c[nH]c(=O)[nH]2)CCS1. The van der Waals surface area contributed by atoms with Crippen LogP contribution in [0.2, 0.25) is 0 Å². The van der Waals surface area contributed by atoms with Crippen molar-refractivity contribution in [1.29, 1.82) is 0 Å². The highest BCUT2D eigenvalue weighted by atomic mass is 32.2. The Hall–Kier alpha value is -1.95. The third-order valence-corrected chi connectivity index (χ3v) is 5.30. The first-order chi connectivity index (χ1) is 10.6. The lowest BCUT2D eigenvalue weighted by Crippen LogP contribution is -2.33. The molecule has 6 heteroatoms. The predicted octanol–water partition coefficient (Wildman–Crippen LogP) is 2.33. The van der Waals surface area contributed by atoms with Crippen molar-refractivity contribution < 1.29 is 4.79 Å². The van der Waals surface area contributed by atoms with Gasteiger partial charge in [-0.15, -0.1) is 0 Å². The molecule has 116 valence electrons. The van der Waals surface area contributed by atoms with Crippen molar-refractivity contribution in [3.63, 3.8) is 0 Å². The van der Waals surface area contributed by atoms with Crippen molar-refractivity contribution in [2.75, 3.05) is 18.8 Å². The second-order valence-corrected chi connectivity index (χ2v) is 6.76. The zero-order valence-electron chi connectivity index (χ0n) is 12.5. The van der Waals surface area contributed by atoms with Gasteiger partial charge < -0.3 is 14.9 Å². The van der Waals surface area contributed by atoms with Crippen molar-refractivity contribution in [3.05, 3.63) is 57.8 Å². The van der Waals surface area contributed by atoms with Crippen molar-refractivity contribution in [1.82, 2.24) is 14.9 Å². The number of aromatic amines is 2. The van der Waals surface area contributed by atoms with Crippen LogP contribution in [0.3, 0.4) is 0 Å². The van der Waals surface area contributed by atoms with Gasteiger partial charge in [0.05, 0.1) is 0 Å². The maximum atomic E-state index is 12.4. The van der Waals surface area contributed by atoms with Crippen molar-refractivity contribution in [2.24, 2.45) is 0 Å². The summed E-state index contributed by atoms with van der Waals surface area (Å²) in [6.45, 7) is 3.55. The molecule has 3 rings (SSSR count). The van der Waals surface area contributed by atoms with E-state index in [1.807, 2.05) is 16.7 Å². The Balaban J connectivity index is 1.71. The molecule has 1 saturated heterocycles. The molecule has 0 saturated carbocycles. The first-order valence-corrected chi connectivity index (χ1v) is 8.44. The summed E-state index contributed by atoms with van der Waals surface area (Å²) >= 11 is 1.90. The third kappa shape index (κ3) is 3.11. The second kappa shape index (κ2) is 6.44. The Morgan fingerprint density at radius 1 is 1.32 bits per heavy atom. The number of carbonyl (C=O) groups excluding carboxylic acids is 1. The molecule has 2 heterocycles. The second-order valence-electron chi connectivity index (χ2n) is 5.45. The van der Waals surface area contributed by atoms with E-state index >= 15 is 0 Å². The van der Waals surface area contributed by atoms with Crippen molar-refractivity contribution >= 4 is 17.7 Å². The Morgan fingerprint density at radius 3 is 2.86 bits per heavy atom. The number of nitrogens with zero attached hydrogens (tertiary/aromatic N) is 1. The van der Waals surface area contributed by atoms with Crippen molar-refractivity contribution in [2.45, 2.75) is 18.6 Å². The van der Waals surface area contributed by atoms with Crippen LogP contribution < -0.4 is 5.69 Å². The van der Waals surface area contributed by atoms with Gasteiger partial charge in [0, 0.05) is 30.3 Å². The van der Waals surface area contributed by atoms with Crippen LogP contribution in [0.5, 0.6) is 0 Å². The van der Waals surface area contributed by atoms with Gasteiger partial charge in [0.1, 0.15) is 5.69 Å². The largest absolute Gasteiger partial charge is 0.336 e. The smallest absolute Gasteiger partial charge is 0.323 e. The fourth-order valence-electron chi connectivity index (χ4n) is 2.79. The van der Waals surface area contributed by atoms with E-state index in [4.69, 9.17) is 0 Å².